The molecule has 19 heavy (non-hydrogen) atoms. The third-order valence-corrected chi connectivity index (χ3v) is 2.69. The molecule has 1 aliphatic rings. The number of hydrogen-bond donors (Lipinski definition) is 3. The molecule has 2 rings (SSSR count). The van der Waals surface area contributed by atoms with Gasteiger partial charge in [0.25, 0.3) is 0 Å². The number of imide groups is 1. The fourth-order valence-corrected chi connectivity index (χ4v) is 1.58. The minimum Gasteiger partial charge on any atom is -0.335 e. The molecule has 8 heteroatoms. The lowest BCUT2D eigenvalue weighted by Gasteiger charge is -2.04. The molecule has 1 aromatic heterocycles. The molecule has 0 atom stereocenters. The van der Waals surface area contributed by atoms with E-state index in [2.05, 4.69) is 20.9 Å². The van der Waals surface area contributed by atoms with Crippen molar-refractivity contribution in [3.63, 3.8) is 0 Å². The number of hydrogen-bond acceptors (Lipinski definition) is 5. The molecule has 0 unspecified atom stereocenters. The van der Waals surface area contributed by atoms with Crippen molar-refractivity contribution in [3.8, 4) is 0 Å². The molecule has 0 spiro atoms. The van der Waals surface area contributed by atoms with Gasteiger partial charge in [-0.05, 0) is 32.2 Å². The van der Waals surface area contributed by atoms with Crippen molar-refractivity contribution < 1.29 is 9.59 Å². The van der Waals surface area contributed by atoms with Crippen molar-refractivity contribution in [1.29, 1.82) is 0 Å². The summed E-state index contributed by atoms with van der Waals surface area (Å²) in [5, 5.41) is 12.7. The summed E-state index contributed by atoms with van der Waals surface area (Å²) >= 11 is 0. The Morgan fingerprint density at radius 3 is 2.95 bits per heavy atom. The maximum absolute atomic E-state index is 11.6. The number of carbonyl (C=O) groups is 2. The molecule has 0 radical (unpaired) electrons. The van der Waals surface area contributed by atoms with Crippen molar-refractivity contribution in [1.82, 2.24) is 25.6 Å². The van der Waals surface area contributed by atoms with Crippen LogP contribution in [0.4, 0.5) is 4.79 Å². The Bertz CT molecular complexity index is 454. The van der Waals surface area contributed by atoms with Crippen LogP contribution in [0.25, 0.3) is 0 Å². The Hall–Kier alpha value is -1.96. The minimum absolute atomic E-state index is 0.0201. The largest absolute Gasteiger partial charge is 0.335 e. The highest BCUT2D eigenvalue weighted by atomic mass is 16.2. The zero-order chi connectivity index (χ0) is 13.7. The summed E-state index contributed by atoms with van der Waals surface area (Å²) in [4.78, 5) is 22.9. The zero-order valence-electron chi connectivity index (χ0n) is 10.6. The Labute approximate surface area is 110 Å². The van der Waals surface area contributed by atoms with Crippen LogP contribution in [0.3, 0.4) is 0 Å². The summed E-state index contributed by atoms with van der Waals surface area (Å²) in [7, 11) is 0. The quantitative estimate of drug-likeness (QED) is 0.621. The van der Waals surface area contributed by atoms with Crippen molar-refractivity contribution in [3.05, 3.63) is 11.9 Å². The topological polar surface area (TPSA) is 115 Å². The first-order chi connectivity index (χ1) is 9.17. The maximum Gasteiger partial charge on any atom is 0.321 e. The highest BCUT2D eigenvalue weighted by Gasteiger charge is 2.23. The number of aromatic nitrogens is 3. The number of rotatable bonds is 6. The van der Waals surface area contributed by atoms with Gasteiger partial charge in [0.15, 0.2) is 0 Å². The van der Waals surface area contributed by atoms with Crippen molar-refractivity contribution in [2.45, 2.75) is 38.3 Å². The van der Waals surface area contributed by atoms with E-state index in [1.807, 2.05) is 0 Å². The summed E-state index contributed by atoms with van der Waals surface area (Å²) in [6.45, 7) is 0.572. The van der Waals surface area contributed by atoms with Crippen LogP contribution in [0.5, 0.6) is 0 Å². The van der Waals surface area contributed by atoms with Crippen LogP contribution >= 0.6 is 0 Å². The molecule has 8 nitrogen and oxygen atoms in total. The van der Waals surface area contributed by atoms with Gasteiger partial charge < -0.3 is 11.1 Å². The van der Waals surface area contributed by atoms with Gasteiger partial charge in [0.05, 0.1) is 5.69 Å². The van der Waals surface area contributed by atoms with Crippen LogP contribution in [0, 0.1) is 0 Å². The SMILES string of the molecule is NCCCc1cn(CC(=O)NC(=O)NC2CC2)nn1. The number of amides is 3. The predicted octanol–water partition coefficient (Wildman–Crippen LogP) is -0.842. The van der Waals surface area contributed by atoms with Crippen molar-refractivity contribution in [2.75, 3.05) is 6.54 Å². The monoisotopic (exact) mass is 266 g/mol. The molecule has 0 aliphatic heterocycles. The van der Waals surface area contributed by atoms with Gasteiger partial charge in [0, 0.05) is 12.2 Å². The average Bonchev–Trinajstić information content (AvgIpc) is 3.04. The lowest BCUT2D eigenvalue weighted by Crippen LogP contribution is -2.41. The number of aryl methyl sites for hydroxylation is 1. The predicted molar refractivity (Wildman–Crippen MR) is 67.1 cm³/mol. The van der Waals surface area contributed by atoms with Crippen molar-refractivity contribution in [2.24, 2.45) is 5.73 Å². The summed E-state index contributed by atoms with van der Waals surface area (Å²) in [6, 6.07) is -0.224. The maximum atomic E-state index is 11.6. The molecule has 0 bridgehead atoms. The van der Waals surface area contributed by atoms with E-state index in [-0.39, 0.29) is 12.6 Å². The van der Waals surface area contributed by atoms with Crippen LogP contribution in [-0.2, 0) is 17.8 Å². The van der Waals surface area contributed by atoms with Gasteiger partial charge in [-0.3, -0.25) is 10.1 Å². The first-order valence-electron chi connectivity index (χ1n) is 6.37. The summed E-state index contributed by atoms with van der Waals surface area (Å²) in [6.07, 6.45) is 5.22. The van der Waals surface area contributed by atoms with E-state index in [9.17, 15) is 9.59 Å². The van der Waals surface area contributed by atoms with E-state index in [4.69, 9.17) is 5.73 Å². The van der Waals surface area contributed by atoms with E-state index in [0.717, 1.165) is 31.4 Å². The van der Waals surface area contributed by atoms with Gasteiger partial charge in [0.2, 0.25) is 5.91 Å². The van der Waals surface area contributed by atoms with E-state index < -0.39 is 11.9 Å². The first kappa shape index (κ1) is 13.5. The molecule has 1 heterocycles. The standard InChI is InChI=1S/C11H18N6O2/c12-5-1-2-9-6-17(16-15-9)7-10(18)14-11(19)13-8-3-4-8/h6,8H,1-5,7,12H2,(H2,13,14,18,19). The van der Waals surface area contributed by atoms with Gasteiger partial charge in [0.1, 0.15) is 6.54 Å². The lowest BCUT2D eigenvalue weighted by atomic mass is 10.2. The molecule has 104 valence electrons. The highest BCUT2D eigenvalue weighted by molar-refractivity contribution is 5.94. The van der Waals surface area contributed by atoms with Crippen LogP contribution in [-0.4, -0.2) is 39.5 Å². The Morgan fingerprint density at radius 2 is 2.26 bits per heavy atom. The summed E-state index contributed by atoms with van der Waals surface area (Å²) < 4.78 is 1.41. The van der Waals surface area contributed by atoms with Gasteiger partial charge >= 0.3 is 6.03 Å². The van der Waals surface area contributed by atoms with E-state index in [1.165, 1.54) is 4.68 Å². The average molecular weight is 266 g/mol. The molecule has 1 aromatic rings. The van der Waals surface area contributed by atoms with Gasteiger partial charge in [-0.1, -0.05) is 5.21 Å². The second kappa shape index (κ2) is 6.28. The van der Waals surface area contributed by atoms with Crippen LogP contribution in [0.2, 0.25) is 0 Å². The van der Waals surface area contributed by atoms with Crippen LogP contribution in [0.1, 0.15) is 25.0 Å². The second-order valence-corrected chi connectivity index (χ2v) is 4.60. The number of carbonyl (C=O) groups excluding carboxylic acids is 2. The molecule has 1 fully saturated rings. The van der Waals surface area contributed by atoms with Gasteiger partial charge in [-0.15, -0.1) is 5.10 Å². The van der Waals surface area contributed by atoms with Gasteiger partial charge in [-0.25, -0.2) is 9.48 Å². The zero-order valence-corrected chi connectivity index (χ0v) is 10.6. The Balaban J connectivity index is 1.74. The van der Waals surface area contributed by atoms with Crippen LogP contribution < -0.4 is 16.4 Å². The number of nitrogens with one attached hydrogen (secondary N) is 2. The Morgan fingerprint density at radius 1 is 1.47 bits per heavy atom. The second-order valence-electron chi connectivity index (χ2n) is 4.60. The van der Waals surface area contributed by atoms with E-state index >= 15 is 0 Å². The molecule has 3 amide bonds. The fraction of sp³-hybridized carbons (Fsp3) is 0.636. The highest BCUT2D eigenvalue weighted by Crippen LogP contribution is 2.18. The number of nitrogens with two attached hydrogens (primary N) is 1. The summed E-state index contributed by atoms with van der Waals surface area (Å²) in [5.41, 5.74) is 6.19. The molecular formula is C11H18N6O2. The molecule has 0 saturated heterocycles. The fourth-order valence-electron chi connectivity index (χ4n) is 1.58. The molecule has 1 saturated carbocycles. The Kier molecular flexibility index (Phi) is 4.45. The van der Waals surface area contributed by atoms with Crippen molar-refractivity contribution >= 4 is 11.9 Å². The normalized spacial score (nSPS) is 14.2. The minimum atomic E-state index is -0.448. The molecular weight excluding hydrogens is 248 g/mol. The molecule has 1 aliphatic carbocycles. The third kappa shape index (κ3) is 4.66. The van der Waals surface area contributed by atoms with E-state index in [0.29, 0.717) is 6.54 Å². The molecule has 0 aromatic carbocycles. The van der Waals surface area contributed by atoms with E-state index in [1.54, 1.807) is 6.20 Å². The van der Waals surface area contributed by atoms with Crippen LogP contribution in [0.15, 0.2) is 6.20 Å². The smallest absolute Gasteiger partial charge is 0.321 e. The van der Waals surface area contributed by atoms with Gasteiger partial charge in [-0.2, -0.15) is 0 Å². The molecule has 4 N–H and O–H groups in total. The number of nitrogens with zero attached hydrogens (tertiary/aromatic N) is 3. The third-order valence-electron chi connectivity index (χ3n) is 2.69. The first-order valence-corrected chi connectivity index (χ1v) is 6.37. The number of urea groups is 1. The summed E-state index contributed by atoms with van der Waals surface area (Å²) in [5.74, 6) is -0.409. The lowest BCUT2D eigenvalue weighted by molar-refractivity contribution is -0.120.